The van der Waals surface area contributed by atoms with Crippen LogP contribution in [-0.4, -0.2) is 39.7 Å². The summed E-state index contributed by atoms with van der Waals surface area (Å²) in [4.78, 5) is 14.8. The molecule has 5 nitrogen and oxygen atoms in total. The van der Waals surface area contributed by atoms with E-state index in [2.05, 4.69) is 24.1 Å². The summed E-state index contributed by atoms with van der Waals surface area (Å²) in [5, 5.41) is 7.70. The van der Waals surface area contributed by atoms with E-state index >= 15 is 0 Å². The summed E-state index contributed by atoms with van der Waals surface area (Å²) in [7, 11) is 0. The Kier molecular flexibility index (Phi) is 4.22. The lowest BCUT2D eigenvalue weighted by atomic mass is 9.99. The number of nitrogens with one attached hydrogen (secondary N) is 1. The number of carbonyl (C=O) groups excluding carboxylic acids is 1. The summed E-state index contributed by atoms with van der Waals surface area (Å²) in [6, 6.07) is 10.1. The third kappa shape index (κ3) is 2.77. The largest absolute Gasteiger partial charge is 0.353 e. The third-order valence-corrected chi connectivity index (χ3v) is 4.53. The van der Waals surface area contributed by atoms with Crippen LogP contribution in [-0.2, 0) is 4.79 Å². The number of hydrogen-bond acceptors (Lipinski definition) is 3. The molecule has 1 saturated heterocycles. The lowest BCUT2D eigenvalue weighted by molar-refractivity contribution is -0.130. The highest BCUT2D eigenvalue weighted by molar-refractivity contribution is 5.84. The van der Waals surface area contributed by atoms with Crippen LogP contribution in [0.25, 0.3) is 5.69 Å². The Morgan fingerprint density at radius 2 is 1.91 bits per heavy atom. The number of aryl methyl sites for hydroxylation is 1. The molecule has 1 aromatic carbocycles. The highest BCUT2D eigenvalue weighted by Crippen LogP contribution is 2.31. The lowest BCUT2D eigenvalue weighted by Gasteiger charge is -2.38. The first kappa shape index (κ1) is 15.7. The molecule has 1 fully saturated rings. The number of para-hydroxylation sites is 1. The Labute approximate surface area is 137 Å². The van der Waals surface area contributed by atoms with Crippen LogP contribution >= 0.6 is 0 Å². The van der Waals surface area contributed by atoms with E-state index in [0.29, 0.717) is 12.6 Å². The number of nitrogens with zero attached hydrogens (tertiary/aromatic N) is 3. The van der Waals surface area contributed by atoms with Gasteiger partial charge < -0.3 is 5.32 Å². The van der Waals surface area contributed by atoms with Crippen LogP contribution in [0.4, 0.5) is 0 Å². The number of amides is 1. The van der Waals surface area contributed by atoms with Gasteiger partial charge in [-0.1, -0.05) is 18.2 Å². The first-order valence-corrected chi connectivity index (χ1v) is 8.15. The average molecular weight is 312 g/mol. The molecule has 122 valence electrons. The molecule has 0 spiro atoms. The van der Waals surface area contributed by atoms with E-state index in [4.69, 9.17) is 5.10 Å². The first-order valence-electron chi connectivity index (χ1n) is 8.15. The topological polar surface area (TPSA) is 50.2 Å². The number of aromatic nitrogens is 2. The maximum atomic E-state index is 12.6. The Hall–Kier alpha value is -2.14. The van der Waals surface area contributed by atoms with E-state index < -0.39 is 0 Å². The van der Waals surface area contributed by atoms with E-state index in [-0.39, 0.29) is 11.9 Å². The second-order valence-corrected chi connectivity index (χ2v) is 6.36. The highest BCUT2D eigenvalue weighted by Gasteiger charge is 2.36. The predicted molar refractivity (Wildman–Crippen MR) is 90.6 cm³/mol. The number of hydrogen-bond donors (Lipinski definition) is 1. The van der Waals surface area contributed by atoms with Gasteiger partial charge in [-0.25, -0.2) is 4.68 Å². The fourth-order valence-corrected chi connectivity index (χ4v) is 3.41. The summed E-state index contributed by atoms with van der Waals surface area (Å²) in [6.45, 7) is 9.88. The molecular formula is C18H24N4O. The normalized spacial score (nSPS) is 19.2. The molecule has 3 rings (SSSR count). The first-order chi connectivity index (χ1) is 11.0. The van der Waals surface area contributed by atoms with Crippen molar-refractivity contribution in [1.29, 1.82) is 0 Å². The smallest absolute Gasteiger partial charge is 0.242 e. The van der Waals surface area contributed by atoms with Gasteiger partial charge in [-0.2, -0.15) is 5.10 Å². The summed E-state index contributed by atoms with van der Waals surface area (Å²) in [6.07, 6.45) is 0. The molecule has 0 saturated carbocycles. The summed E-state index contributed by atoms with van der Waals surface area (Å²) < 4.78 is 1.94. The van der Waals surface area contributed by atoms with Crippen LogP contribution in [0.2, 0.25) is 0 Å². The number of rotatable bonds is 3. The van der Waals surface area contributed by atoms with E-state index in [0.717, 1.165) is 29.2 Å². The number of benzene rings is 1. The minimum atomic E-state index is -0.263. The van der Waals surface area contributed by atoms with Gasteiger partial charge in [0.25, 0.3) is 0 Å². The van der Waals surface area contributed by atoms with Gasteiger partial charge in [0.1, 0.15) is 6.04 Å². The standard InChI is InChI=1S/C18H24N4O/c1-12(2)21-11-10-19-18(23)17(21)16-13(3)20-22(14(16)4)15-8-6-5-7-9-15/h5-9,12,17H,10-11H2,1-4H3,(H,19,23). The van der Waals surface area contributed by atoms with Crippen molar-refractivity contribution in [3.63, 3.8) is 0 Å². The molecular weight excluding hydrogens is 288 g/mol. The average Bonchev–Trinajstić information content (AvgIpc) is 2.83. The number of carbonyl (C=O) groups is 1. The minimum absolute atomic E-state index is 0.0729. The zero-order valence-corrected chi connectivity index (χ0v) is 14.2. The van der Waals surface area contributed by atoms with Gasteiger partial charge in [0.15, 0.2) is 0 Å². The molecule has 0 aliphatic carbocycles. The van der Waals surface area contributed by atoms with Crippen molar-refractivity contribution in [2.24, 2.45) is 0 Å². The van der Waals surface area contributed by atoms with Crippen LogP contribution in [0, 0.1) is 13.8 Å². The van der Waals surface area contributed by atoms with Crippen LogP contribution < -0.4 is 5.32 Å². The van der Waals surface area contributed by atoms with Gasteiger partial charge in [-0.3, -0.25) is 9.69 Å². The van der Waals surface area contributed by atoms with Crippen LogP contribution in [0.1, 0.15) is 36.8 Å². The fourth-order valence-electron chi connectivity index (χ4n) is 3.41. The molecule has 1 aliphatic heterocycles. The van der Waals surface area contributed by atoms with Crippen molar-refractivity contribution in [3.8, 4) is 5.69 Å². The summed E-state index contributed by atoms with van der Waals surface area (Å²) in [5.74, 6) is 0.0729. The molecule has 2 aromatic rings. The van der Waals surface area contributed by atoms with E-state index in [1.807, 2.05) is 48.9 Å². The Morgan fingerprint density at radius 3 is 2.57 bits per heavy atom. The van der Waals surface area contributed by atoms with Gasteiger partial charge in [-0.15, -0.1) is 0 Å². The van der Waals surface area contributed by atoms with Crippen LogP contribution in [0.15, 0.2) is 30.3 Å². The highest BCUT2D eigenvalue weighted by atomic mass is 16.2. The summed E-state index contributed by atoms with van der Waals surface area (Å²) >= 11 is 0. The Bertz CT molecular complexity index is 705. The summed E-state index contributed by atoms with van der Waals surface area (Å²) in [5.41, 5.74) is 3.99. The van der Waals surface area contributed by atoms with E-state index in [9.17, 15) is 4.79 Å². The van der Waals surface area contributed by atoms with E-state index in [1.54, 1.807) is 0 Å². The quantitative estimate of drug-likeness (QED) is 0.946. The van der Waals surface area contributed by atoms with Gasteiger partial charge in [0.2, 0.25) is 5.91 Å². The molecule has 1 unspecified atom stereocenters. The fraction of sp³-hybridized carbons (Fsp3) is 0.444. The zero-order valence-electron chi connectivity index (χ0n) is 14.2. The van der Waals surface area contributed by atoms with Crippen molar-refractivity contribution < 1.29 is 4.79 Å². The van der Waals surface area contributed by atoms with Gasteiger partial charge in [0.05, 0.1) is 11.4 Å². The molecule has 1 N–H and O–H groups in total. The lowest BCUT2D eigenvalue weighted by Crippen LogP contribution is -2.52. The molecule has 0 radical (unpaired) electrons. The molecule has 23 heavy (non-hydrogen) atoms. The van der Waals surface area contributed by atoms with Crippen molar-refractivity contribution in [1.82, 2.24) is 20.0 Å². The predicted octanol–water partition coefficient (Wildman–Crippen LogP) is 2.37. The zero-order chi connectivity index (χ0) is 16.6. The molecule has 5 heteroatoms. The van der Waals surface area contributed by atoms with Gasteiger partial charge in [-0.05, 0) is 39.8 Å². The SMILES string of the molecule is Cc1nn(-c2ccccc2)c(C)c1C1C(=O)NCCN1C(C)C. The van der Waals surface area contributed by atoms with Crippen LogP contribution in [0.3, 0.4) is 0 Å². The molecule has 1 amide bonds. The maximum absolute atomic E-state index is 12.6. The molecule has 0 bridgehead atoms. The van der Waals surface area contributed by atoms with E-state index in [1.165, 1.54) is 0 Å². The number of piperazine rings is 1. The molecule has 2 heterocycles. The molecule has 1 atom stereocenters. The van der Waals surface area contributed by atoms with Crippen LogP contribution in [0.5, 0.6) is 0 Å². The third-order valence-electron chi connectivity index (χ3n) is 4.53. The Morgan fingerprint density at radius 1 is 1.22 bits per heavy atom. The monoisotopic (exact) mass is 312 g/mol. The Balaban J connectivity index is 2.09. The van der Waals surface area contributed by atoms with Gasteiger partial charge >= 0.3 is 0 Å². The van der Waals surface area contributed by atoms with Crippen molar-refractivity contribution in [2.75, 3.05) is 13.1 Å². The van der Waals surface area contributed by atoms with Crippen molar-refractivity contribution in [3.05, 3.63) is 47.3 Å². The van der Waals surface area contributed by atoms with Crippen molar-refractivity contribution in [2.45, 2.75) is 39.8 Å². The second-order valence-electron chi connectivity index (χ2n) is 6.36. The molecule has 1 aliphatic rings. The van der Waals surface area contributed by atoms with Crippen molar-refractivity contribution >= 4 is 5.91 Å². The maximum Gasteiger partial charge on any atom is 0.242 e. The van der Waals surface area contributed by atoms with Gasteiger partial charge in [0, 0.05) is 30.4 Å². The minimum Gasteiger partial charge on any atom is -0.353 e. The second kappa shape index (κ2) is 6.16. The molecule has 1 aromatic heterocycles.